The summed E-state index contributed by atoms with van der Waals surface area (Å²) >= 11 is 0. The molecule has 1 aromatic heterocycles. The summed E-state index contributed by atoms with van der Waals surface area (Å²) in [6.07, 6.45) is 0.945. The van der Waals surface area contributed by atoms with Crippen LogP contribution in [0.1, 0.15) is 42.9 Å². The molecule has 0 aliphatic rings. The largest absolute Gasteiger partial charge is 0.481 e. The van der Waals surface area contributed by atoms with Gasteiger partial charge in [0.15, 0.2) is 0 Å². The van der Waals surface area contributed by atoms with E-state index < -0.39 is 11.4 Å². The summed E-state index contributed by atoms with van der Waals surface area (Å²) < 4.78 is 1.61. The zero-order chi connectivity index (χ0) is 14.6. The Hall–Kier alpha value is -1.85. The summed E-state index contributed by atoms with van der Waals surface area (Å²) in [4.78, 5) is 23.3. The predicted molar refractivity (Wildman–Crippen MR) is 70.9 cm³/mol. The van der Waals surface area contributed by atoms with Crippen LogP contribution in [0.3, 0.4) is 0 Å². The molecule has 0 aromatic carbocycles. The van der Waals surface area contributed by atoms with Gasteiger partial charge in [-0.3, -0.25) is 14.3 Å². The number of aliphatic carboxylic acids is 1. The van der Waals surface area contributed by atoms with Gasteiger partial charge in [-0.25, -0.2) is 0 Å². The fourth-order valence-corrected chi connectivity index (χ4v) is 1.89. The van der Waals surface area contributed by atoms with Crippen molar-refractivity contribution in [3.8, 4) is 0 Å². The smallest absolute Gasteiger partial charge is 0.311 e. The Labute approximate surface area is 112 Å². The first kappa shape index (κ1) is 15.2. The average Bonchev–Trinajstić information content (AvgIpc) is 2.71. The van der Waals surface area contributed by atoms with Gasteiger partial charge in [0, 0.05) is 19.3 Å². The van der Waals surface area contributed by atoms with E-state index >= 15 is 0 Å². The van der Waals surface area contributed by atoms with Crippen LogP contribution < -0.4 is 5.32 Å². The maximum atomic E-state index is 11.9. The molecule has 0 radical (unpaired) electrons. The second-order valence-electron chi connectivity index (χ2n) is 4.77. The molecule has 1 aromatic rings. The highest BCUT2D eigenvalue weighted by molar-refractivity contribution is 5.92. The quantitative estimate of drug-likeness (QED) is 0.814. The van der Waals surface area contributed by atoms with Crippen LogP contribution in [0.25, 0.3) is 0 Å². The third-order valence-corrected chi connectivity index (χ3v) is 3.74. The molecule has 6 heteroatoms. The Balaban J connectivity index is 2.75. The van der Waals surface area contributed by atoms with E-state index in [1.807, 2.05) is 20.8 Å². The molecular formula is C13H21N3O3. The van der Waals surface area contributed by atoms with E-state index in [1.54, 1.807) is 17.8 Å². The van der Waals surface area contributed by atoms with Crippen LogP contribution in [0.5, 0.6) is 0 Å². The lowest BCUT2D eigenvalue weighted by Crippen LogP contribution is -2.42. The molecule has 0 aliphatic heterocycles. The first-order valence-electron chi connectivity index (χ1n) is 6.38. The molecule has 0 unspecified atom stereocenters. The summed E-state index contributed by atoms with van der Waals surface area (Å²) in [7, 11) is 1.76. The topological polar surface area (TPSA) is 84.2 Å². The first-order valence-corrected chi connectivity index (χ1v) is 6.38. The Morgan fingerprint density at radius 2 is 2.00 bits per heavy atom. The van der Waals surface area contributed by atoms with Crippen molar-refractivity contribution in [3.05, 3.63) is 17.5 Å². The monoisotopic (exact) mass is 267 g/mol. The summed E-state index contributed by atoms with van der Waals surface area (Å²) in [5.74, 6) is -1.22. The number of nitrogens with one attached hydrogen (secondary N) is 1. The Kier molecular flexibility index (Phi) is 4.69. The van der Waals surface area contributed by atoms with Gasteiger partial charge in [0.2, 0.25) is 0 Å². The SMILES string of the molecule is CCC(CC)(CNC(=O)c1cc(C)n(C)n1)C(=O)O. The lowest BCUT2D eigenvalue weighted by Gasteiger charge is -2.26. The van der Waals surface area contributed by atoms with Gasteiger partial charge in [-0.2, -0.15) is 5.10 Å². The average molecular weight is 267 g/mol. The van der Waals surface area contributed by atoms with Crippen molar-refractivity contribution < 1.29 is 14.7 Å². The van der Waals surface area contributed by atoms with E-state index in [1.165, 1.54) is 0 Å². The summed E-state index contributed by atoms with van der Waals surface area (Å²) in [6, 6.07) is 1.68. The molecule has 6 nitrogen and oxygen atoms in total. The number of hydrogen-bond donors (Lipinski definition) is 2. The van der Waals surface area contributed by atoms with Gasteiger partial charge in [-0.15, -0.1) is 0 Å². The fraction of sp³-hybridized carbons (Fsp3) is 0.615. The van der Waals surface area contributed by atoms with Crippen LogP contribution in [0, 0.1) is 12.3 Å². The highest BCUT2D eigenvalue weighted by Gasteiger charge is 2.35. The van der Waals surface area contributed by atoms with E-state index in [2.05, 4.69) is 10.4 Å². The number of rotatable bonds is 6. The van der Waals surface area contributed by atoms with Crippen LogP contribution in [-0.4, -0.2) is 33.3 Å². The minimum absolute atomic E-state index is 0.115. The van der Waals surface area contributed by atoms with Gasteiger partial charge in [-0.1, -0.05) is 13.8 Å². The minimum atomic E-state index is -0.903. The molecule has 0 atom stereocenters. The second-order valence-corrected chi connectivity index (χ2v) is 4.77. The number of carboxylic acid groups (broad SMARTS) is 1. The lowest BCUT2D eigenvalue weighted by molar-refractivity contribution is -0.149. The molecule has 0 saturated heterocycles. The Morgan fingerprint density at radius 1 is 1.42 bits per heavy atom. The van der Waals surface area contributed by atoms with E-state index in [9.17, 15) is 14.7 Å². The van der Waals surface area contributed by atoms with Crippen LogP contribution in [-0.2, 0) is 11.8 Å². The molecule has 19 heavy (non-hydrogen) atoms. The van der Waals surface area contributed by atoms with Gasteiger partial charge in [-0.05, 0) is 25.8 Å². The second kappa shape index (κ2) is 5.86. The molecule has 0 bridgehead atoms. The third-order valence-electron chi connectivity index (χ3n) is 3.74. The van der Waals surface area contributed by atoms with E-state index in [-0.39, 0.29) is 12.5 Å². The van der Waals surface area contributed by atoms with E-state index in [0.717, 1.165) is 5.69 Å². The molecule has 0 spiro atoms. The number of carbonyl (C=O) groups is 2. The number of carbonyl (C=O) groups excluding carboxylic acids is 1. The molecule has 1 amide bonds. The Bertz CT molecular complexity index is 456. The van der Waals surface area contributed by atoms with Crippen molar-refractivity contribution in [2.24, 2.45) is 12.5 Å². The summed E-state index contributed by atoms with van der Waals surface area (Å²) in [5.41, 5.74) is 0.284. The van der Waals surface area contributed by atoms with Crippen molar-refractivity contribution in [1.29, 1.82) is 0 Å². The highest BCUT2D eigenvalue weighted by atomic mass is 16.4. The number of aryl methyl sites for hydroxylation is 2. The van der Waals surface area contributed by atoms with Crippen LogP contribution in [0.2, 0.25) is 0 Å². The van der Waals surface area contributed by atoms with Gasteiger partial charge in [0.05, 0.1) is 5.41 Å². The van der Waals surface area contributed by atoms with Crippen LogP contribution >= 0.6 is 0 Å². The molecule has 0 saturated carbocycles. The molecule has 0 aliphatic carbocycles. The van der Waals surface area contributed by atoms with Gasteiger partial charge >= 0.3 is 5.97 Å². The number of nitrogens with zero attached hydrogens (tertiary/aromatic N) is 2. The molecule has 2 N–H and O–H groups in total. The van der Waals surface area contributed by atoms with Crippen molar-refractivity contribution in [1.82, 2.24) is 15.1 Å². The normalized spacial score (nSPS) is 11.4. The van der Waals surface area contributed by atoms with Gasteiger partial charge < -0.3 is 10.4 Å². The zero-order valence-electron chi connectivity index (χ0n) is 11.9. The van der Waals surface area contributed by atoms with E-state index in [4.69, 9.17) is 0 Å². The molecule has 1 heterocycles. The molecular weight excluding hydrogens is 246 g/mol. The number of hydrogen-bond acceptors (Lipinski definition) is 3. The lowest BCUT2D eigenvalue weighted by atomic mass is 9.82. The van der Waals surface area contributed by atoms with Crippen molar-refractivity contribution in [3.63, 3.8) is 0 Å². The number of aromatic nitrogens is 2. The Morgan fingerprint density at radius 3 is 2.37 bits per heavy atom. The first-order chi connectivity index (χ1) is 8.86. The van der Waals surface area contributed by atoms with Gasteiger partial charge in [0.25, 0.3) is 5.91 Å². The maximum Gasteiger partial charge on any atom is 0.311 e. The summed E-state index contributed by atoms with van der Waals surface area (Å²) in [5, 5.41) is 16.0. The highest BCUT2D eigenvalue weighted by Crippen LogP contribution is 2.25. The predicted octanol–water partition coefficient (Wildman–Crippen LogP) is 1.35. The molecule has 0 fully saturated rings. The molecule has 106 valence electrons. The fourth-order valence-electron chi connectivity index (χ4n) is 1.89. The standard InChI is InChI=1S/C13H21N3O3/c1-5-13(6-2,12(18)19)8-14-11(17)10-7-9(3)16(4)15-10/h7H,5-6,8H2,1-4H3,(H,14,17)(H,18,19). The number of amides is 1. The van der Waals surface area contributed by atoms with Crippen molar-refractivity contribution in [2.45, 2.75) is 33.6 Å². The van der Waals surface area contributed by atoms with Crippen LogP contribution in [0.4, 0.5) is 0 Å². The third kappa shape index (κ3) is 3.13. The van der Waals surface area contributed by atoms with Crippen molar-refractivity contribution >= 4 is 11.9 Å². The number of carboxylic acids is 1. The molecule has 1 rings (SSSR count). The maximum absolute atomic E-state index is 11.9. The minimum Gasteiger partial charge on any atom is -0.481 e. The van der Waals surface area contributed by atoms with E-state index in [0.29, 0.717) is 18.5 Å². The van der Waals surface area contributed by atoms with Crippen molar-refractivity contribution in [2.75, 3.05) is 6.54 Å². The summed E-state index contributed by atoms with van der Waals surface area (Å²) in [6.45, 7) is 5.59. The zero-order valence-corrected chi connectivity index (χ0v) is 11.9. The van der Waals surface area contributed by atoms with Gasteiger partial charge in [0.1, 0.15) is 5.69 Å². The van der Waals surface area contributed by atoms with Crippen LogP contribution in [0.15, 0.2) is 6.07 Å².